The van der Waals surface area contributed by atoms with Gasteiger partial charge in [0.15, 0.2) is 0 Å². The molecule has 1 N–H and O–H groups in total. The fourth-order valence-corrected chi connectivity index (χ4v) is 4.09. The number of alkyl halides is 2. The molecule has 1 aromatic rings. The highest BCUT2D eigenvalue weighted by molar-refractivity contribution is 5.80. The summed E-state index contributed by atoms with van der Waals surface area (Å²) in [6.45, 7) is 1.60. The highest BCUT2D eigenvalue weighted by Crippen LogP contribution is 2.32. The van der Waals surface area contributed by atoms with Crippen LogP contribution in [0, 0.1) is 5.92 Å². The predicted molar refractivity (Wildman–Crippen MR) is 106 cm³/mol. The van der Waals surface area contributed by atoms with Crippen LogP contribution in [0.2, 0.25) is 0 Å². The smallest absolute Gasteiger partial charge is 0.387 e. The molecule has 0 radical (unpaired) electrons. The van der Waals surface area contributed by atoms with Crippen molar-refractivity contribution >= 4 is 17.5 Å². The number of halogens is 2. The normalized spacial score (nSPS) is 20.2. The summed E-state index contributed by atoms with van der Waals surface area (Å²) in [5, 5.41) is 3.10. The Morgan fingerprint density at radius 3 is 2.59 bits per heavy atom. The average Bonchev–Trinajstić information content (AvgIpc) is 3.16. The summed E-state index contributed by atoms with van der Waals surface area (Å²) in [5.74, 6) is 0.266. The van der Waals surface area contributed by atoms with Crippen molar-refractivity contribution in [1.82, 2.24) is 10.2 Å². The summed E-state index contributed by atoms with van der Waals surface area (Å²) in [4.78, 5) is 28.5. The van der Waals surface area contributed by atoms with Crippen molar-refractivity contribution < 1.29 is 23.1 Å². The highest BCUT2D eigenvalue weighted by Gasteiger charge is 2.31. The summed E-state index contributed by atoms with van der Waals surface area (Å²) >= 11 is 0. The molecule has 0 saturated carbocycles. The van der Waals surface area contributed by atoms with Crippen molar-refractivity contribution in [2.45, 2.75) is 51.7 Å². The van der Waals surface area contributed by atoms with E-state index in [0.717, 1.165) is 12.8 Å². The van der Waals surface area contributed by atoms with E-state index in [9.17, 15) is 18.4 Å². The fourth-order valence-electron chi connectivity index (χ4n) is 4.09. The number of para-hydroxylation sites is 2. The number of benzene rings is 1. The summed E-state index contributed by atoms with van der Waals surface area (Å²) < 4.78 is 29.9. The molecule has 1 aromatic carbocycles. The van der Waals surface area contributed by atoms with Gasteiger partial charge in [0.2, 0.25) is 11.8 Å². The van der Waals surface area contributed by atoms with E-state index in [0.29, 0.717) is 51.1 Å². The molecular weight excluding hydrogens is 380 g/mol. The number of hydrogen-bond acceptors (Lipinski definition) is 4. The van der Waals surface area contributed by atoms with Gasteiger partial charge in [-0.25, -0.2) is 0 Å². The molecular formula is C21H29F2N3O3. The van der Waals surface area contributed by atoms with Crippen molar-refractivity contribution in [3.05, 3.63) is 24.3 Å². The van der Waals surface area contributed by atoms with Crippen LogP contribution in [0.4, 0.5) is 14.5 Å². The largest absolute Gasteiger partial charge is 0.433 e. The molecule has 0 aliphatic carbocycles. The molecule has 2 aliphatic heterocycles. The third-order valence-corrected chi connectivity index (χ3v) is 5.64. The summed E-state index contributed by atoms with van der Waals surface area (Å²) in [7, 11) is 0. The Kier molecular flexibility index (Phi) is 7.28. The van der Waals surface area contributed by atoms with Crippen LogP contribution in [-0.4, -0.2) is 55.5 Å². The Bertz CT molecular complexity index is 708. The van der Waals surface area contributed by atoms with Crippen molar-refractivity contribution in [3.8, 4) is 5.75 Å². The summed E-state index contributed by atoms with van der Waals surface area (Å²) in [6.07, 6.45) is 3.52. The van der Waals surface area contributed by atoms with Crippen LogP contribution < -0.4 is 15.0 Å². The first-order chi connectivity index (χ1) is 14.0. The number of carbonyl (C=O) groups is 2. The number of ether oxygens (including phenoxy) is 1. The number of nitrogens with zero attached hydrogens (tertiary/aromatic N) is 2. The topological polar surface area (TPSA) is 61.9 Å². The number of piperidine rings is 1. The SMILES string of the molecule is CCCC(=O)N1CCC(C(=O)NC2CCN(c3ccccc3OC(F)F)C2)CC1. The lowest BCUT2D eigenvalue weighted by atomic mass is 9.95. The number of anilines is 1. The first-order valence-electron chi connectivity index (χ1n) is 10.3. The van der Waals surface area contributed by atoms with Gasteiger partial charge in [-0.2, -0.15) is 8.78 Å². The zero-order valence-electron chi connectivity index (χ0n) is 16.8. The van der Waals surface area contributed by atoms with Crippen molar-refractivity contribution in [1.29, 1.82) is 0 Å². The minimum Gasteiger partial charge on any atom is -0.433 e. The second-order valence-electron chi connectivity index (χ2n) is 7.69. The first-order valence-corrected chi connectivity index (χ1v) is 10.3. The second-order valence-corrected chi connectivity index (χ2v) is 7.69. The van der Waals surface area contributed by atoms with E-state index in [1.807, 2.05) is 16.7 Å². The molecule has 2 fully saturated rings. The Morgan fingerprint density at radius 1 is 1.17 bits per heavy atom. The first kappa shape index (κ1) is 21.3. The monoisotopic (exact) mass is 409 g/mol. The van der Waals surface area contributed by atoms with Gasteiger partial charge in [0, 0.05) is 44.6 Å². The van der Waals surface area contributed by atoms with Crippen LogP contribution in [0.5, 0.6) is 5.75 Å². The van der Waals surface area contributed by atoms with Gasteiger partial charge in [-0.3, -0.25) is 9.59 Å². The van der Waals surface area contributed by atoms with E-state index in [4.69, 9.17) is 0 Å². The summed E-state index contributed by atoms with van der Waals surface area (Å²) in [6, 6.07) is 6.70. The van der Waals surface area contributed by atoms with E-state index in [-0.39, 0.29) is 29.5 Å². The number of likely N-dealkylation sites (tertiary alicyclic amines) is 1. The molecule has 0 bridgehead atoms. The van der Waals surface area contributed by atoms with E-state index in [2.05, 4.69) is 10.1 Å². The van der Waals surface area contributed by atoms with E-state index >= 15 is 0 Å². The van der Waals surface area contributed by atoms with Crippen LogP contribution in [0.25, 0.3) is 0 Å². The summed E-state index contributed by atoms with van der Waals surface area (Å²) in [5.41, 5.74) is 0.618. The third-order valence-electron chi connectivity index (χ3n) is 5.64. The molecule has 2 amide bonds. The number of nitrogens with one attached hydrogen (secondary N) is 1. The molecule has 2 saturated heterocycles. The Labute approximate surface area is 170 Å². The third kappa shape index (κ3) is 5.58. The predicted octanol–water partition coefficient (Wildman–Crippen LogP) is 3.02. The van der Waals surface area contributed by atoms with Gasteiger partial charge >= 0.3 is 6.61 Å². The molecule has 1 unspecified atom stereocenters. The van der Waals surface area contributed by atoms with E-state index in [1.54, 1.807) is 18.2 Å². The van der Waals surface area contributed by atoms with Crippen LogP contribution in [0.15, 0.2) is 24.3 Å². The van der Waals surface area contributed by atoms with Crippen molar-refractivity contribution in [2.24, 2.45) is 5.92 Å². The molecule has 6 nitrogen and oxygen atoms in total. The quantitative estimate of drug-likeness (QED) is 0.752. The molecule has 0 aromatic heterocycles. The average molecular weight is 409 g/mol. The van der Waals surface area contributed by atoms with E-state index in [1.165, 1.54) is 6.07 Å². The van der Waals surface area contributed by atoms with Gasteiger partial charge in [0.25, 0.3) is 0 Å². The molecule has 2 aliphatic rings. The molecule has 160 valence electrons. The Morgan fingerprint density at radius 2 is 1.90 bits per heavy atom. The van der Waals surface area contributed by atoms with Gasteiger partial charge in [0.05, 0.1) is 5.69 Å². The maximum Gasteiger partial charge on any atom is 0.387 e. The highest BCUT2D eigenvalue weighted by atomic mass is 19.3. The zero-order valence-corrected chi connectivity index (χ0v) is 16.8. The number of rotatable bonds is 7. The van der Waals surface area contributed by atoms with Gasteiger partial charge in [0.1, 0.15) is 5.75 Å². The van der Waals surface area contributed by atoms with Gasteiger partial charge < -0.3 is 19.9 Å². The van der Waals surface area contributed by atoms with Crippen LogP contribution in [0.1, 0.15) is 39.0 Å². The van der Waals surface area contributed by atoms with E-state index < -0.39 is 6.61 Å². The standard InChI is InChI=1S/C21H29F2N3O3/c1-2-5-19(27)25-11-8-15(9-12-25)20(28)24-16-10-13-26(14-16)17-6-3-4-7-18(17)29-21(22)23/h3-4,6-7,15-16,21H,2,5,8-14H2,1H3,(H,24,28). The minimum atomic E-state index is -2.87. The molecule has 3 rings (SSSR count). The molecule has 0 spiro atoms. The Balaban J connectivity index is 1.49. The molecule has 1 atom stereocenters. The van der Waals surface area contributed by atoms with Crippen LogP contribution in [0.3, 0.4) is 0 Å². The number of amides is 2. The minimum absolute atomic E-state index is 0.0246. The molecule has 29 heavy (non-hydrogen) atoms. The number of carbonyl (C=O) groups excluding carboxylic acids is 2. The van der Waals surface area contributed by atoms with Gasteiger partial charge in [-0.15, -0.1) is 0 Å². The van der Waals surface area contributed by atoms with Crippen LogP contribution in [-0.2, 0) is 9.59 Å². The zero-order chi connectivity index (χ0) is 20.8. The molecule has 8 heteroatoms. The lowest BCUT2D eigenvalue weighted by molar-refractivity contribution is -0.135. The molecule has 2 heterocycles. The Hall–Kier alpha value is -2.38. The number of hydrogen-bond donors (Lipinski definition) is 1. The van der Waals surface area contributed by atoms with Crippen molar-refractivity contribution in [3.63, 3.8) is 0 Å². The van der Waals surface area contributed by atoms with Crippen LogP contribution >= 0.6 is 0 Å². The second kappa shape index (κ2) is 9.89. The lowest BCUT2D eigenvalue weighted by Gasteiger charge is -2.32. The van der Waals surface area contributed by atoms with Gasteiger partial charge in [-0.05, 0) is 37.8 Å². The fraction of sp³-hybridized carbons (Fsp3) is 0.619. The van der Waals surface area contributed by atoms with Gasteiger partial charge in [-0.1, -0.05) is 19.1 Å². The van der Waals surface area contributed by atoms with Crippen molar-refractivity contribution in [2.75, 3.05) is 31.1 Å². The maximum absolute atomic E-state index is 12.7. The lowest BCUT2D eigenvalue weighted by Crippen LogP contribution is -2.46. The maximum atomic E-state index is 12.7.